The lowest BCUT2D eigenvalue weighted by molar-refractivity contribution is -0.116. The van der Waals surface area contributed by atoms with E-state index < -0.39 is 0 Å². The van der Waals surface area contributed by atoms with Crippen molar-refractivity contribution in [2.45, 2.75) is 13.0 Å². The van der Waals surface area contributed by atoms with Crippen LogP contribution in [0.1, 0.15) is 17.5 Å². The van der Waals surface area contributed by atoms with Gasteiger partial charge in [0.25, 0.3) is 0 Å². The molecule has 1 heterocycles. The van der Waals surface area contributed by atoms with E-state index in [9.17, 15) is 4.79 Å². The molecule has 0 saturated heterocycles. The summed E-state index contributed by atoms with van der Waals surface area (Å²) in [5, 5.41) is 14.3. The number of ether oxygens (including phenoxy) is 1. The van der Waals surface area contributed by atoms with Crippen LogP contribution in [-0.4, -0.2) is 19.6 Å². The van der Waals surface area contributed by atoms with Gasteiger partial charge >= 0.3 is 0 Å². The van der Waals surface area contributed by atoms with Gasteiger partial charge in [0.05, 0.1) is 12.7 Å². The average molecular weight is 391 g/mol. The van der Waals surface area contributed by atoms with Crippen molar-refractivity contribution in [3.8, 4) is 11.8 Å². The highest BCUT2D eigenvalue weighted by molar-refractivity contribution is 7.14. The van der Waals surface area contributed by atoms with Crippen molar-refractivity contribution in [3.63, 3.8) is 0 Å². The van der Waals surface area contributed by atoms with Gasteiger partial charge in [-0.3, -0.25) is 4.79 Å². The second-order valence-electron chi connectivity index (χ2n) is 6.18. The Morgan fingerprint density at radius 2 is 1.89 bits per heavy atom. The summed E-state index contributed by atoms with van der Waals surface area (Å²) in [5.74, 6) is 0.688. The number of nitrogens with one attached hydrogen (secondary N) is 1. The Hall–Kier alpha value is -3.30. The number of carbonyl (C=O) groups excluding carboxylic acids is 1. The van der Waals surface area contributed by atoms with Gasteiger partial charge in [0.1, 0.15) is 16.8 Å². The summed E-state index contributed by atoms with van der Waals surface area (Å²) in [6.45, 7) is 1.25. The number of hydrogen-bond donors (Lipinski definition) is 1. The highest BCUT2D eigenvalue weighted by Gasteiger charge is 2.13. The van der Waals surface area contributed by atoms with E-state index in [0.717, 1.165) is 11.4 Å². The maximum absolute atomic E-state index is 12.4. The minimum absolute atomic E-state index is 0.106. The molecule has 142 valence electrons. The van der Waals surface area contributed by atoms with Crippen LogP contribution in [0, 0.1) is 11.3 Å². The number of benzene rings is 2. The summed E-state index contributed by atoms with van der Waals surface area (Å²) in [5.41, 5.74) is 2.68. The van der Waals surface area contributed by atoms with Crippen LogP contribution in [0.5, 0.6) is 5.75 Å². The number of carbonyl (C=O) groups is 1. The predicted octanol–water partition coefficient (Wildman–Crippen LogP) is 4.66. The van der Waals surface area contributed by atoms with Gasteiger partial charge in [0.15, 0.2) is 0 Å². The Morgan fingerprint density at radius 1 is 1.14 bits per heavy atom. The van der Waals surface area contributed by atoms with Crippen LogP contribution in [0.2, 0.25) is 0 Å². The summed E-state index contributed by atoms with van der Waals surface area (Å²) in [6, 6.07) is 21.8. The van der Waals surface area contributed by atoms with Crippen molar-refractivity contribution < 1.29 is 9.53 Å². The summed E-state index contributed by atoms with van der Waals surface area (Å²) in [6.07, 6.45) is 0.321. The smallest absolute Gasteiger partial charge is 0.226 e. The second-order valence-corrected chi connectivity index (χ2v) is 7.09. The first-order valence-corrected chi connectivity index (χ1v) is 9.78. The molecule has 1 aromatic heterocycles. The predicted molar refractivity (Wildman–Crippen MR) is 113 cm³/mol. The molecular weight excluding hydrogens is 370 g/mol. The Balaban J connectivity index is 1.69. The SMILES string of the molecule is COc1ccc(N(CCC(=O)Nc2sccc2C#N)Cc2ccccc2)cc1. The van der Waals surface area contributed by atoms with Crippen LogP contribution in [0.3, 0.4) is 0 Å². The number of methoxy groups -OCH3 is 1. The first-order chi connectivity index (χ1) is 13.7. The third kappa shape index (κ3) is 5.12. The summed E-state index contributed by atoms with van der Waals surface area (Å²) in [7, 11) is 1.64. The normalized spacial score (nSPS) is 10.1. The minimum Gasteiger partial charge on any atom is -0.497 e. The van der Waals surface area contributed by atoms with Gasteiger partial charge in [-0.05, 0) is 41.3 Å². The molecule has 0 aliphatic rings. The van der Waals surface area contributed by atoms with Gasteiger partial charge in [-0.1, -0.05) is 30.3 Å². The molecule has 0 spiro atoms. The third-order valence-electron chi connectivity index (χ3n) is 4.30. The fraction of sp³-hybridized carbons (Fsp3) is 0.182. The van der Waals surface area contributed by atoms with Crippen molar-refractivity contribution in [3.05, 3.63) is 77.2 Å². The molecule has 3 rings (SSSR count). The van der Waals surface area contributed by atoms with E-state index in [-0.39, 0.29) is 5.91 Å². The van der Waals surface area contributed by atoms with E-state index in [1.54, 1.807) is 18.6 Å². The number of anilines is 2. The standard InChI is InChI=1S/C22H21N3O2S/c1-27-20-9-7-19(8-10-20)25(16-17-5-3-2-4-6-17)13-11-21(26)24-22-18(15-23)12-14-28-22/h2-10,12,14H,11,13,16H2,1H3,(H,24,26). The van der Waals surface area contributed by atoms with E-state index in [1.807, 2.05) is 42.5 Å². The molecule has 6 heteroatoms. The summed E-state index contributed by atoms with van der Waals surface area (Å²) in [4.78, 5) is 14.6. The maximum Gasteiger partial charge on any atom is 0.226 e. The molecule has 2 aromatic carbocycles. The molecule has 3 aromatic rings. The molecule has 0 aliphatic carbocycles. The van der Waals surface area contributed by atoms with Crippen LogP contribution < -0.4 is 15.0 Å². The van der Waals surface area contributed by atoms with E-state index in [1.165, 1.54) is 16.9 Å². The largest absolute Gasteiger partial charge is 0.497 e. The van der Waals surface area contributed by atoms with Crippen molar-refractivity contribution >= 4 is 27.9 Å². The van der Waals surface area contributed by atoms with Crippen molar-refractivity contribution in [2.24, 2.45) is 0 Å². The molecule has 5 nitrogen and oxygen atoms in total. The van der Waals surface area contributed by atoms with Crippen molar-refractivity contribution in [1.82, 2.24) is 0 Å². The van der Waals surface area contributed by atoms with E-state index in [2.05, 4.69) is 28.4 Å². The Kier molecular flexibility index (Phi) is 6.66. The number of hydrogen-bond acceptors (Lipinski definition) is 5. The minimum atomic E-state index is -0.106. The first kappa shape index (κ1) is 19.5. The zero-order valence-electron chi connectivity index (χ0n) is 15.6. The number of amides is 1. The van der Waals surface area contributed by atoms with Gasteiger partial charge in [0, 0.05) is 25.2 Å². The molecule has 0 aliphatic heterocycles. The number of rotatable bonds is 8. The Morgan fingerprint density at radius 3 is 2.57 bits per heavy atom. The lowest BCUT2D eigenvalue weighted by Gasteiger charge is -2.25. The molecular formula is C22H21N3O2S. The fourth-order valence-corrected chi connectivity index (χ4v) is 3.57. The zero-order chi connectivity index (χ0) is 19.8. The van der Waals surface area contributed by atoms with Crippen LogP contribution in [0.25, 0.3) is 0 Å². The van der Waals surface area contributed by atoms with Crippen molar-refractivity contribution in [1.29, 1.82) is 5.26 Å². The Labute approximate surface area is 168 Å². The van der Waals surface area contributed by atoms with Gasteiger partial charge in [-0.25, -0.2) is 0 Å². The highest BCUT2D eigenvalue weighted by atomic mass is 32.1. The average Bonchev–Trinajstić information content (AvgIpc) is 3.19. The van der Waals surface area contributed by atoms with E-state index >= 15 is 0 Å². The molecule has 0 atom stereocenters. The monoisotopic (exact) mass is 391 g/mol. The zero-order valence-corrected chi connectivity index (χ0v) is 16.4. The van der Waals surface area contributed by atoms with Crippen molar-refractivity contribution in [2.75, 3.05) is 23.9 Å². The summed E-state index contributed by atoms with van der Waals surface area (Å²) >= 11 is 1.36. The third-order valence-corrected chi connectivity index (χ3v) is 5.13. The van der Waals surface area contributed by atoms with Crippen LogP contribution in [0.4, 0.5) is 10.7 Å². The lowest BCUT2D eigenvalue weighted by Crippen LogP contribution is -2.27. The van der Waals surface area contributed by atoms with Gasteiger partial charge < -0.3 is 15.0 Å². The summed E-state index contributed by atoms with van der Waals surface area (Å²) < 4.78 is 5.24. The Bertz CT molecular complexity index is 946. The number of nitriles is 1. The number of nitrogens with zero attached hydrogens (tertiary/aromatic N) is 2. The van der Waals surface area contributed by atoms with E-state index in [4.69, 9.17) is 10.00 Å². The molecule has 0 saturated carbocycles. The first-order valence-electron chi connectivity index (χ1n) is 8.90. The van der Waals surface area contributed by atoms with Gasteiger partial charge in [0.2, 0.25) is 5.91 Å². The quantitative estimate of drug-likeness (QED) is 0.606. The highest BCUT2D eigenvalue weighted by Crippen LogP contribution is 2.24. The van der Waals surface area contributed by atoms with Crippen LogP contribution in [0.15, 0.2) is 66.0 Å². The molecule has 28 heavy (non-hydrogen) atoms. The van der Waals surface area contributed by atoms with Gasteiger partial charge in [-0.15, -0.1) is 11.3 Å². The van der Waals surface area contributed by atoms with Gasteiger partial charge in [-0.2, -0.15) is 5.26 Å². The molecule has 0 bridgehead atoms. The number of thiophene rings is 1. The lowest BCUT2D eigenvalue weighted by atomic mass is 10.2. The topological polar surface area (TPSA) is 65.4 Å². The molecule has 1 N–H and O–H groups in total. The fourth-order valence-electron chi connectivity index (χ4n) is 2.82. The molecule has 0 fully saturated rings. The van der Waals surface area contributed by atoms with Crippen LogP contribution in [-0.2, 0) is 11.3 Å². The van der Waals surface area contributed by atoms with Crippen LogP contribution >= 0.6 is 11.3 Å². The molecule has 0 unspecified atom stereocenters. The molecule has 1 amide bonds. The molecule has 0 radical (unpaired) electrons. The van der Waals surface area contributed by atoms with E-state index in [0.29, 0.717) is 30.1 Å². The second kappa shape index (κ2) is 9.58. The maximum atomic E-state index is 12.4.